The van der Waals surface area contributed by atoms with Gasteiger partial charge in [-0.25, -0.2) is 0 Å². The molecule has 1 heterocycles. The third kappa shape index (κ3) is 4.12. The van der Waals surface area contributed by atoms with E-state index in [1.165, 1.54) is 58.3 Å². The summed E-state index contributed by atoms with van der Waals surface area (Å²) in [4.78, 5) is 0. The fourth-order valence-corrected chi connectivity index (χ4v) is 2.64. The molecule has 1 aliphatic carbocycles. The Kier molecular flexibility index (Phi) is 4.45. The van der Waals surface area contributed by atoms with Gasteiger partial charge < -0.3 is 10.6 Å². The molecule has 88 valence electrons. The summed E-state index contributed by atoms with van der Waals surface area (Å²) >= 11 is 0. The molecular weight excluding hydrogens is 184 g/mol. The van der Waals surface area contributed by atoms with E-state index in [1.54, 1.807) is 0 Å². The topological polar surface area (TPSA) is 24.1 Å². The van der Waals surface area contributed by atoms with Crippen LogP contribution < -0.4 is 10.6 Å². The maximum Gasteiger partial charge on any atom is -0.00200 e. The summed E-state index contributed by atoms with van der Waals surface area (Å²) in [6.07, 6.45) is 7.15. The Balaban J connectivity index is 1.41. The highest BCUT2D eigenvalue weighted by Crippen LogP contribution is 2.35. The SMILES string of the molecule is CC(CNCCCC1CCNC1)C1CC1. The minimum atomic E-state index is 0.915. The van der Waals surface area contributed by atoms with Crippen molar-refractivity contribution in [3.8, 4) is 0 Å². The van der Waals surface area contributed by atoms with Crippen LogP contribution in [0.2, 0.25) is 0 Å². The van der Waals surface area contributed by atoms with Gasteiger partial charge in [0, 0.05) is 0 Å². The second-order valence-electron chi connectivity index (χ2n) is 5.52. The molecule has 1 saturated heterocycles. The largest absolute Gasteiger partial charge is 0.316 e. The van der Waals surface area contributed by atoms with Crippen LogP contribution in [0.15, 0.2) is 0 Å². The van der Waals surface area contributed by atoms with E-state index in [2.05, 4.69) is 17.6 Å². The summed E-state index contributed by atoms with van der Waals surface area (Å²) in [6.45, 7) is 7.38. The van der Waals surface area contributed by atoms with Crippen molar-refractivity contribution in [2.45, 2.75) is 39.0 Å². The van der Waals surface area contributed by atoms with Crippen LogP contribution >= 0.6 is 0 Å². The molecule has 2 N–H and O–H groups in total. The van der Waals surface area contributed by atoms with Gasteiger partial charge in [0.15, 0.2) is 0 Å². The first-order chi connectivity index (χ1) is 7.36. The van der Waals surface area contributed by atoms with E-state index in [9.17, 15) is 0 Å². The van der Waals surface area contributed by atoms with Crippen molar-refractivity contribution >= 4 is 0 Å². The normalized spacial score (nSPS) is 28.2. The Labute approximate surface area is 94.2 Å². The third-order valence-corrected chi connectivity index (χ3v) is 4.02. The minimum absolute atomic E-state index is 0.915. The van der Waals surface area contributed by atoms with Crippen LogP contribution in [0.25, 0.3) is 0 Å². The van der Waals surface area contributed by atoms with Crippen molar-refractivity contribution in [1.82, 2.24) is 10.6 Å². The van der Waals surface area contributed by atoms with Crippen molar-refractivity contribution in [2.75, 3.05) is 26.2 Å². The molecule has 2 fully saturated rings. The third-order valence-electron chi connectivity index (χ3n) is 4.02. The van der Waals surface area contributed by atoms with Crippen molar-refractivity contribution in [3.05, 3.63) is 0 Å². The highest BCUT2D eigenvalue weighted by molar-refractivity contribution is 4.79. The molecule has 1 saturated carbocycles. The number of nitrogens with one attached hydrogen (secondary N) is 2. The number of hydrogen-bond donors (Lipinski definition) is 2. The Morgan fingerprint density at radius 2 is 2.20 bits per heavy atom. The zero-order valence-corrected chi connectivity index (χ0v) is 10.1. The molecule has 0 bridgehead atoms. The van der Waals surface area contributed by atoms with Gasteiger partial charge in [-0.3, -0.25) is 0 Å². The minimum Gasteiger partial charge on any atom is -0.316 e. The molecule has 2 nitrogen and oxygen atoms in total. The molecule has 0 spiro atoms. The smallest absolute Gasteiger partial charge is 0.00200 e. The summed E-state index contributed by atoms with van der Waals surface area (Å²) < 4.78 is 0. The van der Waals surface area contributed by atoms with Gasteiger partial charge >= 0.3 is 0 Å². The van der Waals surface area contributed by atoms with Crippen LogP contribution in [-0.2, 0) is 0 Å². The lowest BCUT2D eigenvalue weighted by Crippen LogP contribution is -2.23. The Morgan fingerprint density at radius 1 is 1.33 bits per heavy atom. The van der Waals surface area contributed by atoms with Crippen molar-refractivity contribution in [1.29, 1.82) is 0 Å². The lowest BCUT2D eigenvalue weighted by Gasteiger charge is -2.12. The van der Waals surface area contributed by atoms with Gasteiger partial charge in [-0.15, -0.1) is 0 Å². The molecule has 2 atom stereocenters. The number of hydrogen-bond acceptors (Lipinski definition) is 2. The molecule has 1 aliphatic heterocycles. The van der Waals surface area contributed by atoms with E-state index >= 15 is 0 Å². The summed E-state index contributed by atoms with van der Waals surface area (Å²) in [5.74, 6) is 2.93. The average Bonchev–Trinajstić information content (AvgIpc) is 2.97. The van der Waals surface area contributed by atoms with Gasteiger partial charge in [0.1, 0.15) is 0 Å². The van der Waals surface area contributed by atoms with Gasteiger partial charge in [0.05, 0.1) is 0 Å². The van der Waals surface area contributed by atoms with E-state index < -0.39 is 0 Å². The molecule has 0 amide bonds. The van der Waals surface area contributed by atoms with Gasteiger partial charge in [0.25, 0.3) is 0 Å². The standard InChI is InChI=1S/C13H26N2/c1-11(13-4-5-13)9-14-7-2-3-12-6-8-15-10-12/h11-15H,2-10H2,1H3. The van der Waals surface area contributed by atoms with E-state index in [4.69, 9.17) is 0 Å². The second kappa shape index (κ2) is 5.86. The van der Waals surface area contributed by atoms with Crippen LogP contribution in [0.5, 0.6) is 0 Å². The molecule has 0 aromatic heterocycles. The summed E-state index contributed by atoms with van der Waals surface area (Å²) in [5, 5.41) is 7.04. The maximum absolute atomic E-state index is 3.61. The lowest BCUT2D eigenvalue weighted by molar-refractivity contribution is 0.439. The first-order valence-corrected chi connectivity index (χ1v) is 6.77. The Bertz CT molecular complexity index is 167. The van der Waals surface area contributed by atoms with Crippen molar-refractivity contribution in [2.24, 2.45) is 17.8 Å². The van der Waals surface area contributed by atoms with Gasteiger partial charge in [-0.05, 0) is 76.0 Å². The fraction of sp³-hybridized carbons (Fsp3) is 1.00. The van der Waals surface area contributed by atoms with Crippen LogP contribution in [0, 0.1) is 17.8 Å². The number of rotatable bonds is 7. The molecule has 0 aromatic rings. The molecule has 2 aliphatic rings. The predicted octanol–water partition coefficient (Wildman–Crippen LogP) is 2.01. The highest BCUT2D eigenvalue weighted by Gasteiger charge is 2.27. The fourth-order valence-electron chi connectivity index (χ4n) is 2.64. The summed E-state index contributed by atoms with van der Waals surface area (Å²) in [5.41, 5.74) is 0. The lowest BCUT2D eigenvalue weighted by atomic mass is 10.0. The monoisotopic (exact) mass is 210 g/mol. The summed E-state index contributed by atoms with van der Waals surface area (Å²) in [6, 6.07) is 0. The first kappa shape index (κ1) is 11.4. The molecule has 0 radical (unpaired) electrons. The average molecular weight is 210 g/mol. The Morgan fingerprint density at radius 3 is 2.87 bits per heavy atom. The van der Waals surface area contributed by atoms with Gasteiger partial charge in [-0.2, -0.15) is 0 Å². The van der Waals surface area contributed by atoms with Crippen LogP contribution in [0.1, 0.15) is 39.0 Å². The van der Waals surface area contributed by atoms with E-state index in [0.29, 0.717) is 0 Å². The predicted molar refractivity (Wildman–Crippen MR) is 65.0 cm³/mol. The molecule has 2 rings (SSSR count). The van der Waals surface area contributed by atoms with Gasteiger partial charge in [0.2, 0.25) is 0 Å². The van der Waals surface area contributed by atoms with Crippen LogP contribution in [-0.4, -0.2) is 26.2 Å². The van der Waals surface area contributed by atoms with E-state index in [-0.39, 0.29) is 0 Å². The molecule has 15 heavy (non-hydrogen) atoms. The molecular formula is C13H26N2. The van der Waals surface area contributed by atoms with Crippen LogP contribution in [0.3, 0.4) is 0 Å². The first-order valence-electron chi connectivity index (χ1n) is 6.77. The maximum atomic E-state index is 3.61. The van der Waals surface area contributed by atoms with Crippen molar-refractivity contribution < 1.29 is 0 Å². The van der Waals surface area contributed by atoms with Gasteiger partial charge in [-0.1, -0.05) is 6.92 Å². The molecule has 0 aromatic carbocycles. The molecule has 2 heteroatoms. The highest BCUT2D eigenvalue weighted by atomic mass is 14.9. The quantitative estimate of drug-likeness (QED) is 0.628. The Hall–Kier alpha value is -0.0800. The van der Waals surface area contributed by atoms with Crippen molar-refractivity contribution in [3.63, 3.8) is 0 Å². The summed E-state index contributed by atoms with van der Waals surface area (Å²) in [7, 11) is 0. The zero-order chi connectivity index (χ0) is 10.5. The van der Waals surface area contributed by atoms with E-state index in [0.717, 1.165) is 17.8 Å². The van der Waals surface area contributed by atoms with E-state index in [1.807, 2.05) is 0 Å². The second-order valence-corrected chi connectivity index (χ2v) is 5.52. The zero-order valence-electron chi connectivity index (χ0n) is 10.1. The van der Waals surface area contributed by atoms with Crippen LogP contribution in [0.4, 0.5) is 0 Å². The molecule has 2 unspecified atom stereocenters.